The number of carbonyl (C=O) groups is 1. The number of aromatic nitrogens is 2. The van der Waals surface area contributed by atoms with Gasteiger partial charge in [0.2, 0.25) is 5.91 Å². The lowest BCUT2D eigenvalue weighted by Crippen LogP contribution is -2.19. The molecule has 0 saturated carbocycles. The lowest BCUT2D eigenvalue weighted by atomic mass is 10.1. The van der Waals surface area contributed by atoms with Crippen molar-refractivity contribution in [1.82, 2.24) is 9.78 Å². The van der Waals surface area contributed by atoms with Crippen molar-refractivity contribution >= 4 is 27.5 Å². The van der Waals surface area contributed by atoms with Crippen LogP contribution in [0.1, 0.15) is 31.7 Å². The zero-order valence-electron chi connectivity index (χ0n) is 10.3. The van der Waals surface area contributed by atoms with Gasteiger partial charge in [-0.15, -0.1) is 0 Å². The molecule has 1 aliphatic rings. The number of hydrogen-bond donors (Lipinski definition) is 1. The van der Waals surface area contributed by atoms with Crippen LogP contribution in [0.4, 0.5) is 5.69 Å². The number of rotatable bonds is 5. The molecule has 2 rings (SSSR count). The molecular formula is C12H18BrN3O2. The highest BCUT2D eigenvalue weighted by molar-refractivity contribution is 9.09. The fraction of sp³-hybridized carbons (Fsp3) is 0.667. The van der Waals surface area contributed by atoms with Crippen molar-refractivity contribution in [2.45, 2.75) is 31.7 Å². The summed E-state index contributed by atoms with van der Waals surface area (Å²) in [5, 5.41) is 8.02. The fourth-order valence-corrected chi connectivity index (χ4v) is 2.28. The number of carbonyl (C=O) groups excluding carboxylic acids is 1. The first-order chi connectivity index (χ1) is 8.79. The highest BCUT2D eigenvalue weighted by atomic mass is 79.9. The third kappa shape index (κ3) is 3.81. The van der Waals surface area contributed by atoms with Crippen LogP contribution < -0.4 is 5.32 Å². The summed E-state index contributed by atoms with van der Waals surface area (Å²) in [6.07, 6.45) is 6.97. The van der Waals surface area contributed by atoms with Crippen LogP contribution in [0, 0.1) is 0 Å². The second kappa shape index (κ2) is 6.89. The van der Waals surface area contributed by atoms with Crippen LogP contribution >= 0.6 is 15.9 Å². The molecule has 2 heterocycles. The Hall–Kier alpha value is -0.880. The number of nitrogens with zero attached hydrogens (tertiary/aromatic N) is 2. The number of halogens is 1. The Balaban J connectivity index is 1.87. The van der Waals surface area contributed by atoms with Crippen molar-refractivity contribution in [3.8, 4) is 0 Å². The third-order valence-electron chi connectivity index (χ3n) is 2.99. The van der Waals surface area contributed by atoms with Crippen molar-refractivity contribution in [3.05, 3.63) is 12.4 Å². The molecule has 0 aromatic carbocycles. The molecule has 0 aliphatic carbocycles. The molecule has 0 atom stereocenters. The minimum atomic E-state index is 0.0426. The first kappa shape index (κ1) is 13.5. The van der Waals surface area contributed by atoms with Crippen molar-refractivity contribution in [3.63, 3.8) is 0 Å². The van der Waals surface area contributed by atoms with E-state index >= 15 is 0 Å². The molecule has 1 amide bonds. The van der Waals surface area contributed by atoms with Crippen LogP contribution in [0.3, 0.4) is 0 Å². The number of anilines is 1. The number of amides is 1. The topological polar surface area (TPSA) is 56.2 Å². The van der Waals surface area contributed by atoms with Crippen molar-refractivity contribution in [2.24, 2.45) is 0 Å². The van der Waals surface area contributed by atoms with E-state index < -0.39 is 0 Å². The smallest absolute Gasteiger partial charge is 0.224 e. The first-order valence-corrected chi connectivity index (χ1v) is 7.39. The van der Waals surface area contributed by atoms with Gasteiger partial charge in [-0.1, -0.05) is 15.9 Å². The lowest BCUT2D eigenvalue weighted by molar-refractivity contribution is -0.116. The number of hydrogen-bond acceptors (Lipinski definition) is 3. The van der Waals surface area contributed by atoms with Crippen LogP contribution in [0.5, 0.6) is 0 Å². The molecule has 0 spiro atoms. The van der Waals surface area contributed by atoms with Gasteiger partial charge in [-0.25, -0.2) is 0 Å². The van der Waals surface area contributed by atoms with Crippen LogP contribution in [0.2, 0.25) is 0 Å². The Morgan fingerprint density at radius 1 is 1.56 bits per heavy atom. The monoisotopic (exact) mass is 315 g/mol. The second-order valence-electron chi connectivity index (χ2n) is 4.39. The maximum Gasteiger partial charge on any atom is 0.224 e. The van der Waals surface area contributed by atoms with E-state index in [4.69, 9.17) is 4.74 Å². The minimum Gasteiger partial charge on any atom is -0.381 e. The maximum atomic E-state index is 11.6. The van der Waals surface area contributed by atoms with E-state index in [0.717, 1.165) is 43.5 Å². The summed E-state index contributed by atoms with van der Waals surface area (Å²) in [6, 6.07) is 0.395. The Morgan fingerprint density at radius 2 is 2.33 bits per heavy atom. The number of nitrogens with one attached hydrogen (secondary N) is 1. The molecule has 0 unspecified atom stereocenters. The average Bonchev–Trinajstić information content (AvgIpc) is 2.86. The summed E-state index contributed by atoms with van der Waals surface area (Å²) in [7, 11) is 0. The summed E-state index contributed by atoms with van der Waals surface area (Å²) in [6.45, 7) is 1.58. The van der Waals surface area contributed by atoms with Crippen LogP contribution in [0.15, 0.2) is 12.4 Å². The number of ether oxygens (including phenoxy) is 1. The predicted octanol–water partition coefficient (Wildman–Crippen LogP) is 2.35. The van der Waals surface area contributed by atoms with E-state index in [1.54, 1.807) is 6.20 Å². The van der Waals surface area contributed by atoms with E-state index in [9.17, 15) is 4.79 Å². The van der Waals surface area contributed by atoms with Crippen LogP contribution in [-0.2, 0) is 9.53 Å². The summed E-state index contributed by atoms with van der Waals surface area (Å²) in [4.78, 5) is 11.6. The second-order valence-corrected chi connectivity index (χ2v) is 5.19. The first-order valence-electron chi connectivity index (χ1n) is 6.27. The molecule has 1 aromatic rings. The normalized spacial score (nSPS) is 16.7. The third-order valence-corrected chi connectivity index (χ3v) is 3.55. The van der Waals surface area contributed by atoms with E-state index in [2.05, 4.69) is 26.3 Å². The molecule has 1 fully saturated rings. The molecule has 1 saturated heterocycles. The van der Waals surface area contributed by atoms with E-state index in [1.807, 2.05) is 10.9 Å². The van der Waals surface area contributed by atoms with E-state index in [0.29, 0.717) is 12.5 Å². The molecule has 18 heavy (non-hydrogen) atoms. The van der Waals surface area contributed by atoms with E-state index in [-0.39, 0.29) is 5.91 Å². The molecular weight excluding hydrogens is 298 g/mol. The summed E-state index contributed by atoms with van der Waals surface area (Å²) >= 11 is 3.31. The average molecular weight is 316 g/mol. The van der Waals surface area contributed by atoms with Gasteiger partial charge in [-0.2, -0.15) is 5.10 Å². The lowest BCUT2D eigenvalue weighted by Gasteiger charge is -2.22. The van der Waals surface area contributed by atoms with Gasteiger partial charge >= 0.3 is 0 Å². The van der Waals surface area contributed by atoms with E-state index in [1.165, 1.54) is 0 Å². The molecule has 1 aromatic heterocycles. The molecule has 1 N–H and O–H groups in total. The molecule has 100 valence electrons. The zero-order valence-corrected chi connectivity index (χ0v) is 11.9. The number of alkyl halides is 1. The molecule has 0 bridgehead atoms. The quantitative estimate of drug-likeness (QED) is 0.849. The largest absolute Gasteiger partial charge is 0.381 e. The van der Waals surface area contributed by atoms with Gasteiger partial charge in [0, 0.05) is 31.2 Å². The van der Waals surface area contributed by atoms with Gasteiger partial charge in [0.25, 0.3) is 0 Å². The Bertz CT molecular complexity index is 388. The molecule has 0 radical (unpaired) electrons. The van der Waals surface area contributed by atoms with Gasteiger partial charge in [0.15, 0.2) is 0 Å². The Labute approximate surface area is 115 Å². The van der Waals surface area contributed by atoms with Gasteiger partial charge in [0.1, 0.15) is 0 Å². The predicted molar refractivity (Wildman–Crippen MR) is 73.0 cm³/mol. The maximum absolute atomic E-state index is 11.6. The Morgan fingerprint density at radius 3 is 3.06 bits per heavy atom. The van der Waals surface area contributed by atoms with Gasteiger partial charge < -0.3 is 10.1 Å². The van der Waals surface area contributed by atoms with Gasteiger partial charge in [-0.3, -0.25) is 9.48 Å². The van der Waals surface area contributed by atoms with Gasteiger partial charge in [-0.05, 0) is 19.3 Å². The van der Waals surface area contributed by atoms with Crippen molar-refractivity contribution in [2.75, 3.05) is 23.9 Å². The van der Waals surface area contributed by atoms with Gasteiger partial charge in [0.05, 0.1) is 17.9 Å². The highest BCUT2D eigenvalue weighted by Gasteiger charge is 2.16. The standard InChI is InChI=1S/C12H18BrN3O2/c13-5-1-2-12(17)15-10-8-14-16(9-10)11-3-6-18-7-4-11/h8-9,11H,1-7H2,(H,15,17). The molecule has 5 nitrogen and oxygen atoms in total. The SMILES string of the molecule is O=C(CCCBr)Nc1cnn(C2CCOCC2)c1. The molecule has 1 aliphatic heterocycles. The summed E-state index contributed by atoms with van der Waals surface area (Å²) in [5.74, 6) is 0.0426. The zero-order chi connectivity index (χ0) is 12.8. The molecule has 6 heteroatoms. The fourth-order valence-electron chi connectivity index (χ4n) is 2.00. The highest BCUT2D eigenvalue weighted by Crippen LogP contribution is 2.21. The summed E-state index contributed by atoms with van der Waals surface area (Å²) < 4.78 is 7.25. The van der Waals surface area contributed by atoms with Crippen molar-refractivity contribution in [1.29, 1.82) is 0 Å². The van der Waals surface area contributed by atoms with Crippen LogP contribution in [0.25, 0.3) is 0 Å². The van der Waals surface area contributed by atoms with Crippen LogP contribution in [-0.4, -0.2) is 34.2 Å². The van der Waals surface area contributed by atoms with Crippen molar-refractivity contribution < 1.29 is 9.53 Å². The summed E-state index contributed by atoms with van der Waals surface area (Å²) in [5.41, 5.74) is 0.779. The minimum absolute atomic E-state index is 0.0426. The Kier molecular flexibility index (Phi) is 5.19.